The van der Waals surface area contributed by atoms with Crippen molar-refractivity contribution in [2.45, 2.75) is 6.54 Å². The standard InChI is InChI=1S/C15H17BrN2O/c16-10-11-19-15-9-5-4-6-13(15)12-17-18-14-7-2-1-3-8-14/h1-9,17-18H,10-12H2. The second-order valence-corrected chi connectivity index (χ2v) is 4.78. The van der Waals surface area contributed by atoms with E-state index in [-0.39, 0.29) is 0 Å². The molecule has 0 aromatic heterocycles. The van der Waals surface area contributed by atoms with Gasteiger partial charge in [-0.1, -0.05) is 52.3 Å². The van der Waals surface area contributed by atoms with Crippen LogP contribution in [0.3, 0.4) is 0 Å². The van der Waals surface area contributed by atoms with E-state index in [1.54, 1.807) is 0 Å². The number of ether oxygens (including phenoxy) is 1. The molecule has 0 amide bonds. The lowest BCUT2D eigenvalue weighted by molar-refractivity contribution is 0.340. The second kappa shape index (κ2) is 7.81. The molecular weight excluding hydrogens is 304 g/mol. The maximum absolute atomic E-state index is 5.67. The van der Waals surface area contributed by atoms with E-state index in [0.717, 1.165) is 22.3 Å². The second-order valence-electron chi connectivity index (χ2n) is 3.99. The molecule has 19 heavy (non-hydrogen) atoms. The maximum Gasteiger partial charge on any atom is 0.123 e. The summed E-state index contributed by atoms with van der Waals surface area (Å²) in [6, 6.07) is 18.1. The molecule has 2 aromatic carbocycles. The third kappa shape index (κ3) is 4.58. The number of rotatable bonds is 7. The number of hydrogen-bond donors (Lipinski definition) is 2. The Balaban J connectivity index is 1.88. The van der Waals surface area contributed by atoms with Crippen molar-refractivity contribution >= 4 is 21.6 Å². The van der Waals surface area contributed by atoms with E-state index in [9.17, 15) is 0 Å². The normalized spacial score (nSPS) is 10.2. The minimum Gasteiger partial charge on any atom is -0.492 e. The minimum absolute atomic E-state index is 0.670. The number of hydrogen-bond acceptors (Lipinski definition) is 3. The Bertz CT molecular complexity index is 491. The van der Waals surface area contributed by atoms with E-state index in [0.29, 0.717) is 13.2 Å². The van der Waals surface area contributed by atoms with Crippen LogP contribution in [0, 0.1) is 0 Å². The SMILES string of the molecule is BrCCOc1ccccc1CNNc1ccccc1. The molecule has 0 spiro atoms. The Morgan fingerprint density at radius 2 is 1.68 bits per heavy atom. The number of anilines is 1. The van der Waals surface area contributed by atoms with Crippen LogP contribution < -0.4 is 15.6 Å². The highest BCUT2D eigenvalue weighted by atomic mass is 79.9. The number of hydrazine groups is 1. The molecule has 0 radical (unpaired) electrons. The number of halogens is 1. The van der Waals surface area contributed by atoms with E-state index in [1.165, 1.54) is 0 Å². The predicted molar refractivity (Wildman–Crippen MR) is 82.6 cm³/mol. The quantitative estimate of drug-likeness (QED) is 0.604. The third-order valence-corrected chi connectivity index (χ3v) is 2.92. The molecule has 0 aliphatic heterocycles. The average Bonchev–Trinajstić information content (AvgIpc) is 2.47. The fraction of sp³-hybridized carbons (Fsp3) is 0.200. The Morgan fingerprint density at radius 3 is 2.47 bits per heavy atom. The first-order valence-electron chi connectivity index (χ1n) is 6.21. The molecule has 0 bridgehead atoms. The zero-order valence-corrected chi connectivity index (χ0v) is 12.2. The van der Waals surface area contributed by atoms with Gasteiger partial charge in [0.1, 0.15) is 5.75 Å². The zero-order valence-electron chi connectivity index (χ0n) is 10.6. The molecule has 0 heterocycles. The predicted octanol–water partition coefficient (Wildman–Crippen LogP) is 3.58. The lowest BCUT2D eigenvalue weighted by atomic mass is 10.2. The van der Waals surface area contributed by atoms with Gasteiger partial charge in [0, 0.05) is 23.1 Å². The lowest BCUT2D eigenvalue weighted by Crippen LogP contribution is -2.21. The first-order chi connectivity index (χ1) is 9.40. The number of nitrogens with one attached hydrogen (secondary N) is 2. The van der Waals surface area contributed by atoms with Crippen molar-refractivity contribution in [1.29, 1.82) is 0 Å². The molecule has 3 nitrogen and oxygen atoms in total. The Kier molecular flexibility index (Phi) is 5.72. The zero-order chi connectivity index (χ0) is 13.3. The molecule has 0 atom stereocenters. The van der Waals surface area contributed by atoms with Crippen molar-refractivity contribution in [3.63, 3.8) is 0 Å². The van der Waals surface area contributed by atoms with Crippen LogP contribution in [0.5, 0.6) is 5.75 Å². The van der Waals surface area contributed by atoms with Gasteiger partial charge in [0.05, 0.1) is 6.61 Å². The van der Waals surface area contributed by atoms with Crippen molar-refractivity contribution in [2.75, 3.05) is 17.4 Å². The minimum atomic E-state index is 0.670. The molecule has 0 unspecified atom stereocenters. The molecule has 0 saturated carbocycles. The molecule has 100 valence electrons. The topological polar surface area (TPSA) is 33.3 Å². The van der Waals surface area contributed by atoms with Crippen LogP contribution >= 0.6 is 15.9 Å². The largest absolute Gasteiger partial charge is 0.492 e. The summed E-state index contributed by atoms with van der Waals surface area (Å²) in [6.45, 7) is 1.37. The molecule has 0 aliphatic rings. The Morgan fingerprint density at radius 1 is 0.947 bits per heavy atom. The van der Waals surface area contributed by atoms with Gasteiger partial charge in [0.2, 0.25) is 0 Å². The van der Waals surface area contributed by atoms with Crippen LogP contribution in [0.1, 0.15) is 5.56 Å². The molecule has 0 saturated heterocycles. The highest BCUT2D eigenvalue weighted by Crippen LogP contribution is 2.17. The van der Waals surface area contributed by atoms with E-state index in [4.69, 9.17) is 4.74 Å². The van der Waals surface area contributed by atoms with Crippen molar-refractivity contribution in [2.24, 2.45) is 0 Å². The number of para-hydroxylation sites is 2. The van der Waals surface area contributed by atoms with Gasteiger partial charge in [-0.25, -0.2) is 5.43 Å². The smallest absolute Gasteiger partial charge is 0.123 e. The van der Waals surface area contributed by atoms with Crippen molar-refractivity contribution in [1.82, 2.24) is 5.43 Å². The molecule has 0 aliphatic carbocycles. The van der Waals surface area contributed by atoms with Gasteiger partial charge in [0.25, 0.3) is 0 Å². The third-order valence-electron chi connectivity index (χ3n) is 2.59. The van der Waals surface area contributed by atoms with E-state index in [2.05, 4.69) is 32.8 Å². The van der Waals surface area contributed by atoms with Crippen LogP contribution in [0.25, 0.3) is 0 Å². The molecule has 0 fully saturated rings. The van der Waals surface area contributed by atoms with E-state index in [1.807, 2.05) is 48.5 Å². The van der Waals surface area contributed by atoms with E-state index >= 15 is 0 Å². The average molecular weight is 321 g/mol. The molecule has 2 N–H and O–H groups in total. The number of alkyl halides is 1. The molecule has 4 heteroatoms. The summed E-state index contributed by atoms with van der Waals surface area (Å²) in [5, 5.41) is 0.830. The van der Waals surface area contributed by atoms with Gasteiger partial charge in [-0.15, -0.1) is 0 Å². The Hall–Kier alpha value is -1.52. The van der Waals surface area contributed by atoms with Gasteiger partial charge in [-0.05, 0) is 18.2 Å². The summed E-state index contributed by atoms with van der Waals surface area (Å²) in [5.41, 5.74) is 8.53. The summed E-state index contributed by atoms with van der Waals surface area (Å²) >= 11 is 3.36. The highest BCUT2D eigenvalue weighted by Gasteiger charge is 2.01. The van der Waals surface area contributed by atoms with E-state index < -0.39 is 0 Å². The fourth-order valence-corrected chi connectivity index (χ4v) is 1.86. The highest BCUT2D eigenvalue weighted by molar-refractivity contribution is 9.09. The summed E-state index contributed by atoms with van der Waals surface area (Å²) in [5.74, 6) is 0.921. The summed E-state index contributed by atoms with van der Waals surface area (Å²) in [4.78, 5) is 0. The van der Waals surface area contributed by atoms with Crippen LogP contribution in [-0.4, -0.2) is 11.9 Å². The lowest BCUT2D eigenvalue weighted by Gasteiger charge is -2.12. The summed E-state index contributed by atoms with van der Waals surface area (Å²) in [7, 11) is 0. The van der Waals surface area contributed by atoms with Crippen molar-refractivity contribution < 1.29 is 4.74 Å². The molecule has 2 aromatic rings. The van der Waals surface area contributed by atoms with Crippen LogP contribution in [0.15, 0.2) is 54.6 Å². The Labute approximate surface area is 122 Å². The monoisotopic (exact) mass is 320 g/mol. The van der Waals surface area contributed by atoms with Crippen LogP contribution in [-0.2, 0) is 6.54 Å². The summed E-state index contributed by atoms with van der Waals surface area (Å²) in [6.07, 6.45) is 0. The summed E-state index contributed by atoms with van der Waals surface area (Å²) < 4.78 is 5.67. The maximum atomic E-state index is 5.67. The fourth-order valence-electron chi connectivity index (χ4n) is 1.70. The number of benzene rings is 2. The van der Waals surface area contributed by atoms with Crippen molar-refractivity contribution in [3.05, 3.63) is 60.2 Å². The van der Waals surface area contributed by atoms with Gasteiger partial charge in [-0.3, -0.25) is 0 Å². The first-order valence-corrected chi connectivity index (χ1v) is 7.33. The van der Waals surface area contributed by atoms with Crippen LogP contribution in [0.4, 0.5) is 5.69 Å². The van der Waals surface area contributed by atoms with Gasteiger partial charge < -0.3 is 10.2 Å². The first kappa shape index (κ1) is 13.9. The van der Waals surface area contributed by atoms with Crippen LogP contribution in [0.2, 0.25) is 0 Å². The molecular formula is C15H17BrN2O. The van der Waals surface area contributed by atoms with Gasteiger partial charge >= 0.3 is 0 Å². The van der Waals surface area contributed by atoms with Gasteiger partial charge in [0.15, 0.2) is 0 Å². The van der Waals surface area contributed by atoms with Gasteiger partial charge in [-0.2, -0.15) is 0 Å². The van der Waals surface area contributed by atoms with Crippen molar-refractivity contribution in [3.8, 4) is 5.75 Å². The molecule has 2 rings (SSSR count).